The Hall–Kier alpha value is -2.99. The molecule has 0 fully saturated rings. The first kappa shape index (κ1) is 19.8. The number of aromatic amines is 1. The van der Waals surface area contributed by atoms with Crippen molar-refractivity contribution in [3.8, 4) is 0 Å². The van der Waals surface area contributed by atoms with Gasteiger partial charge in [0.15, 0.2) is 0 Å². The Kier molecular flexibility index (Phi) is 6.21. The Labute approximate surface area is 164 Å². The molecule has 6 nitrogen and oxygen atoms in total. The molecule has 0 spiro atoms. The molecule has 3 rings (SSSR count). The molecular weight excluding hydrogens is 352 g/mol. The molecule has 6 heteroatoms. The lowest BCUT2D eigenvalue weighted by Gasteiger charge is -2.18. The molecule has 0 bridgehead atoms. The Morgan fingerprint density at radius 2 is 2.00 bits per heavy atom. The highest BCUT2D eigenvalue weighted by Gasteiger charge is 2.12. The van der Waals surface area contributed by atoms with Crippen LogP contribution in [0.4, 0.5) is 0 Å². The van der Waals surface area contributed by atoms with Crippen LogP contribution in [0, 0.1) is 5.92 Å². The van der Waals surface area contributed by atoms with Crippen LogP contribution in [0.3, 0.4) is 0 Å². The van der Waals surface area contributed by atoms with E-state index in [1.807, 2.05) is 37.4 Å². The average molecular weight is 378 g/mol. The summed E-state index contributed by atoms with van der Waals surface area (Å²) in [5.74, 6) is 0.155. The second-order valence-electron chi connectivity index (χ2n) is 7.54. The van der Waals surface area contributed by atoms with Gasteiger partial charge in [0, 0.05) is 36.9 Å². The third-order valence-corrected chi connectivity index (χ3v) is 4.43. The molecule has 2 aromatic heterocycles. The Bertz CT molecular complexity index is 1030. The number of nitrogens with zero attached hydrogens (tertiary/aromatic N) is 2. The lowest BCUT2D eigenvalue weighted by molar-refractivity contribution is 0.0949. The summed E-state index contributed by atoms with van der Waals surface area (Å²) in [5, 5.41) is 3.81. The number of benzene rings is 1. The van der Waals surface area contributed by atoms with Crippen LogP contribution in [0.5, 0.6) is 0 Å². The van der Waals surface area contributed by atoms with Crippen molar-refractivity contribution in [3.05, 3.63) is 75.8 Å². The highest BCUT2D eigenvalue weighted by atomic mass is 16.2. The van der Waals surface area contributed by atoms with Crippen molar-refractivity contribution in [1.82, 2.24) is 20.2 Å². The van der Waals surface area contributed by atoms with Crippen LogP contribution < -0.4 is 10.9 Å². The number of carbonyl (C=O) groups excluding carboxylic acids is 1. The monoisotopic (exact) mass is 378 g/mol. The Morgan fingerprint density at radius 1 is 1.21 bits per heavy atom. The predicted octanol–water partition coefficient (Wildman–Crippen LogP) is 2.94. The third-order valence-electron chi connectivity index (χ3n) is 4.43. The zero-order chi connectivity index (χ0) is 20.1. The lowest BCUT2D eigenvalue weighted by atomic mass is 10.1. The quantitative estimate of drug-likeness (QED) is 0.663. The second kappa shape index (κ2) is 8.80. The van der Waals surface area contributed by atoms with E-state index < -0.39 is 5.91 Å². The van der Waals surface area contributed by atoms with Crippen LogP contribution in [0.25, 0.3) is 10.9 Å². The number of pyridine rings is 2. The van der Waals surface area contributed by atoms with Gasteiger partial charge in [-0.1, -0.05) is 32.0 Å². The number of aromatic nitrogens is 2. The summed E-state index contributed by atoms with van der Waals surface area (Å²) in [7, 11) is 2.01. The van der Waals surface area contributed by atoms with Gasteiger partial charge in [-0.2, -0.15) is 0 Å². The van der Waals surface area contributed by atoms with Crippen LogP contribution >= 0.6 is 0 Å². The molecule has 0 atom stereocenters. The van der Waals surface area contributed by atoms with Gasteiger partial charge in [0.1, 0.15) is 5.56 Å². The van der Waals surface area contributed by atoms with E-state index >= 15 is 0 Å². The first-order chi connectivity index (χ1) is 13.4. The minimum atomic E-state index is -0.392. The third kappa shape index (κ3) is 5.04. The molecule has 0 aliphatic carbocycles. The van der Waals surface area contributed by atoms with Crippen molar-refractivity contribution in [2.75, 3.05) is 13.6 Å². The molecule has 0 aliphatic heterocycles. The van der Waals surface area contributed by atoms with Crippen molar-refractivity contribution >= 4 is 16.8 Å². The van der Waals surface area contributed by atoms with E-state index in [1.165, 1.54) is 0 Å². The maximum absolute atomic E-state index is 12.4. The molecule has 3 aromatic rings. The maximum atomic E-state index is 12.4. The van der Waals surface area contributed by atoms with Crippen molar-refractivity contribution < 1.29 is 4.79 Å². The molecule has 1 amide bonds. The number of hydrogen-bond acceptors (Lipinski definition) is 4. The van der Waals surface area contributed by atoms with E-state index in [0.29, 0.717) is 19.0 Å². The van der Waals surface area contributed by atoms with E-state index in [2.05, 4.69) is 34.0 Å². The van der Waals surface area contributed by atoms with Crippen LogP contribution in [-0.4, -0.2) is 34.4 Å². The van der Waals surface area contributed by atoms with Gasteiger partial charge in [-0.05, 0) is 42.8 Å². The fraction of sp³-hybridized carbons (Fsp3) is 0.318. The molecular formula is C22H26N4O2. The Morgan fingerprint density at radius 3 is 2.75 bits per heavy atom. The summed E-state index contributed by atoms with van der Waals surface area (Å²) in [6.07, 6.45) is 1.74. The van der Waals surface area contributed by atoms with Crippen molar-refractivity contribution in [2.45, 2.75) is 26.9 Å². The molecule has 1 aromatic carbocycles. The lowest BCUT2D eigenvalue weighted by Crippen LogP contribution is -2.30. The fourth-order valence-electron chi connectivity index (χ4n) is 3.26. The number of H-pyrrole nitrogens is 1. The number of fused-ring (bicyclic) bond motifs is 1. The summed E-state index contributed by atoms with van der Waals surface area (Å²) < 4.78 is 0. The molecule has 0 aliphatic rings. The van der Waals surface area contributed by atoms with E-state index in [1.54, 1.807) is 18.3 Å². The molecule has 0 saturated carbocycles. The average Bonchev–Trinajstić information content (AvgIpc) is 2.65. The van der Waals surface area contributed by atoms with Gasteiger partial charge in [0.2, 0.25) is 0 Å². The molecule has 0 radical (unpaired) electrons. The van der Waals surface area contributed by atoms with Crippen molar-refractivity contribution in [2.24, 2.45) is 5.92 Å². The van der Waals surface area contributed by atoms with Crippen molar-refractivity contribution in [3.63, 3.8) is 0 Å². The minimum Gasteiger partial charge on any atom is -0.348 e. The van der Waals surface area contributed by atoms with Crippen LogP contribution in [0.2, 0.25) is 0 Å². The zero-order valence-corrected chi connectivity index (χ0v) is 16.5. The fourth-order valence-corrected chi connectivity index (χ4v) is 3.26. The molecule has 28 heavy (non-hydrogen) atoms. The Balaban J connectivity index is 1.64. The number of amides is 1. The van der Waals surface area contributed by atoms with E-state index in [-0.39, 0.29) is 11.1 Å². The maximum Gasteiger partial charge on any atom is 0.261 e. The van der Waals surface area contributed by atoms with Crippen LogP contribution in [0.15, 0.2) is 53.5 Å². The van der Waals surface area contributed by atoms with Gasteiger partial charge >= 0.3 is 0 Å². The summed E-state index contributed by atoms with van der Waals surface area (Å²) >= 11 is 0. The van der Waals surface area contributed by atoms with Gasteiger partial charge in [0.05, 0.1) is 5.52 Å². The van der Waals surface area contributed by atoms with Gasteiger partial charge in [-0.3, -0.25) is 14.6 Å². The standard InChI is InChI=1S/C22H26N4O2/c1-15(2)13-26(3)14-18-8-9-19(22(28)25-18)21(27)24-12-16-10-17-6-4-5-7-20(17)23-11-16/h4-11,15H,12-14H2,1-3H3,(H,24,27)(H,25,28). The normalized spacial score (nSPS) is 11.3. The van der Waals surface area contributed by atoms with Gasteiger partial charge < -0.3 is 15.2 Å². The summed E-state index contributed by atoms with van der Waals surface area (Å²) in [5.41, 5.74) is 2.33. The highest BCUT2D eigenvalue weighted by Crippen LogP contribution is 2.12. The van der Waals surface area contributed by atoms with Crippen LogP contribution in [0.1, 0.15) is 35.5 Å². The highest BCUT2D eigenvalue weighted by molar-refractivity contribution is 5.93. The van der Waals surface area contributed by atoms with Gasteiger partial charge in [-0.25, -0.2) is 0 Å². The number of nitrogens with one attached hydrogen (secondary N) is 2. The molecule has 0 unspecified atom stereocenters. The molecule has 2 N–H and O–H groups in total. The number of para-hydroxylation sites is 1. The number of rotatable bonds is 7. The van der Waals surface area contributed by atoms with E-state index in [4.69, 9.17) is 0 Å². The van der Waals surface area contributed by atoms with Gasteiger partial charge in [-0.15, -0.1) is 0 Å². The molecule has 0 saturated heterocycles. The summed E-state index contributed by atoms with van der Waals surface area (Å²) in [6.45, 7) is 6.19. The smallest absolute Gasteiger partial charge is 0.261 e. The largest absolute Gasteiger partial charge is 0.348 e. The molecule has 2 heterocycles. The second-order valence-corrected chi connectivity index (χ2v) is 7.54. The summed E-state index contributed by atoms with van der Waals surface area (Å²) in [6, 6.07) is 13.2. The summed E-state index contributed by atoms with van der Waals surface area (Å²) in [4.78, 5) is 34.1. The topological polar surface area (TPSA) is 78.1 Å². The zero-order valence-electron chi connectivity index (χ0n) is 16.5. The van der Waals surface area contributed by atoms with Crippen molar-refractivity contribution in [1.29, 1.82) is 0 Å². The van der Waals surface area contributed by atoms with E-state index in [0.717, 1.165) is 28.7 Å². The van der Waals surface area contributed by atoms with E-state index in [9.17, 15) is 9.59 Å². The van der Waals surface area contributed by atoms with Crippen LogP contribution in [-0.2, 0) is 13.1 Å². The number of hydrogen-bond donors (Lipinski definition) is 2. The van der Waals surface area contributed by atoms with Gasteiger partial charge in [0.25, 0.3) is 11.5 Å². The SMILES string of the molecule is CC(C)CN(C)Cc1ccc(C(=O)NCc2cnc3ccccc3c2)c(=O)[nH]1. The number of carbonyl (C=O) groups is 1. The molecule has 146 valence electrons. The predicted molar refractivity (Wildman–Crippen MR) is 111 cm³/mol. The first-order valence-corrected chi connectivity index (χ1v) is 9.45. The first-order valence-electron chi connectivity index (χ1n) is 9.45. The minimum absolute atomic E-state index is 0.115.